The molecule has 0 aromatic heterocycles. The van der Waals surface area contributed by atoms with Gasteiger partial charge < -0.3 is 20.4 Å². The third-order valence-corrected chi connectivity index (χ3v) is 10.4. The topological polar surface area (TPSA) is 84.2 Å². The molecule has 1 spiro atoms. The van der Waals surface area contributed by atoms with E-state index in [1.165, 1.54) is 0 Å². The highest BCUT2D eigenvalue weighted by Gasteiger charge is 2.82. The largest absolute Gasteiger partial charge is 0.393 e. The van der Waals surface area contributed by atoms with Crippen molar-refractivity contribution in [3.8, 4) is 0 Å². The highest BCUT2D eigenvalue weighted by molar-refractivity contribution is 5.32. The molecule has 146 valence electrons. The van der Waals surface area contributed by atoms with Crippen LogP contribution in [0, 0.1) is 40.4 Å². The number of aliphatic hydroxyl groups excluding tert-OH is 3. The lowest BCUT2D eigenvalue weighted by atomic mass is 9.43. The third-order valence-electron chi connectivity index (χ3n) is 10.4. The lowest BCUT2D eigenvalue weighted by molar-refractivity contribution is -0.265. The van der Waals surface area contributed by atoms with Crippen molar-refractivity contribution in [3.63, 3.8) is 0 Å². The zero-order valence-electron chi connectivity index (χ0n) is 15.9. The molecule has 5 saturated carbocycles. The molecule has 1 aliphatic heterocycles. The number of hydrogen-bond acceptors (Lipinski definition) is 5. The van der Waals surface area contributed by atoms with Crippen LogP contribution in [0.25, 0.3) is 0 Å². The van der Waals surface area contributed by atoms with E-state index < -0.39 is 17.8 Å². The van der Waals surface area contributed by atoms with E-state index in [1.807, 2.05) is 0 Å². The summed E-state index contributed by atoms with van der Waals surface area (Å²) in [6.07, 6.45) is 2.44. The Morgan fingerprint density at radius 3 is 2.62 bits per heavy atom. The first kappa shape index (κ1) is 16.7. The average Bonchev–Trinajstić information content (AvgIpc) is 3.03. The lowest BCUT2D eigenvalue weighted by Gasteiger charge is -2.68. The zero-order chi connectivity index (χ0) is 18.2. The van der Waals surface area contributed by atoms with Crippen LogP contribution in [0.5, 0.6) is 0 Å². The normalized spacial score (nSPS) is 68.3. The van der Waals surface area contributed by atoms with Crippen LogP contribution in [0.15, 0.2) is 0 Å². The van der Waals surface area contributed by atoms with Crippen molar-refractivity contribution in [2.24, 2.45) is 40.4 Å². The first-order valence-corrected chi connectivity index (χ1v) is 10.8. The van der Waals surface area contributed by atoms with Crippen molar-refractivity contribution in [2.45, 2.75) is 75.9 Å². The van der Waals surface area contributed by atoms with Gasteiger partial charge in [-0.05, 0) is 49.5 Å². The number of fused-ring (bicyclic) bond motifs is 2. The van der Waals surface area contributed by atoms with Crippen LogP contribution in [0.3, 0.4) is 0 Å². The Hall–Kier alpha value is -0.200. The van der Waals surface area contributed by atoms with Gasteiger partial charge in [-0.1, -0.05) is 13.8 Å². The van der Waals surface area contributed by atoms with Gasteiger partial charge in [-0.25, -0.2) is 0 Å². The molecule has 26 heavy (non-hydrogen) atoms. The molecule has 5 heteroatoms. The minimum atomic E-state index is -0.984. The van der Waals surface area contributed by atoms with Crippen molar-refractivity contribution in [1.82, 2.24) is 4.90 Å². The monoisotopic (exact) mass is 363 g/mol. The van der Waals surface area contributed by atoms with Crippen LogP contribution >= 0.6 is 0 Å². The third kappa shape index (κ3) is 1.47. The molecule has 6 aliphatic rings. The molecule has 5 nitrogen and oxygen atoms in total. The van der Waals surface area contributed by atoms with Crippen molar-refractivity contribution >= 4 is 0 Å². The van der Waals surface area contributed by atoms with Crippen molar-refractivity contribution in [1.29, 1.82) is 0 Å². The second-order valence-electron chi connectivity index (χ2n) is 10.9. The minimum absolute atomic E-state index is 0.0617. The molecular formula is C21H33NO4. The van der Waals surface area contributed by atoms with E-state index in [9.17, 15) is 20.4 Å². The Morgan fingerprint density at radius 1 is 1.12 bits per heavy atom. The minimum Gasteiger partial charge on any atom is -0.393 e. The highest BCUT2D eigenvalue weighted by atomic mass is 16.3. The summed E-state index contributed by atoms with van der Waals surface area (Å²) in [7, 11) is 0. The molecule has 6 rings (SSSR count). The smallest absolute Gasteiger partial charge is 0.0771 e. The van der Waals surface area contributed by atoms with Crippen LogP contribution < -0.4 is 0 Å². The highest BCUT2D eigenvalue weighted by Crippen LogP contribution is 2.78. The van der Waals surface area contributed by atoms with E-state index in [4.69, 9.17) is 0 Å². The number of aliphatic hydroxyl groups is 4. The fraction of sp³-hybridized carbons (Fsp3) is 1.00. The quantitative estimate of drug-likeness (QED) is 0.548. The average molecular weight is 363 g/mol. The summed E-state index contributed by atoms with van der Waals surface area (Å²) in [5.41, 5.74) is -0.998. The predicted octanol–water partition coefficient (Wildman–Crippen LogP) is 0.596. The lowest BCUT2D eigenvalue weighted by Crippen LogP contribution is -2.75. The molecule has 2 unspecified atom stereocenters. The number of piperidine rings is 1. The molecule has 12 atom stereocenters. The van der Waals surface area contributed by atoms with Gasteiger partial charge in [-0.2, -0.15) is 0 Å². The van der Waals surface area contributed by atoms with E-state index in [0.717, 1.165) is 38.8 Å². The van der Waals surface area contributed by atoms with Gasteiger partial charge in [0.15, 0.2) is 0 Å². The van der Waals surface area contributed by atoms with Crippen molar-refractivity contribution < 1.29 is 20.4 Å². The molecule has 5 aliphatic carbocycles. The van der Waals surface area contributed by atoms with Gasteiger partial charge in [0.2, 0.25) is 0 Å². The second-order valence-corrected chi connectivity index (χ2v) is 10.9. The standard InChI is InChI=1S/C21H33NO4/c1-3-22-9-19(2)5-4-15(24)21-11-6-10-13(23)8-20(26,16(11)17(10)25)12(18(21)22)7-14(19)21/h10-18,23-26H,3-9H2,1-2H3/t10?,11-,12+,13+,14-,15+,16-,17+,18?,19+,20+,21-/m1/s1. The Bertz CT molecular complexity index is 658. The maximum absolute atomic E-state index is 11.9. The Morgan fingerprint density at radius 2 is 1.88 bits per heavy atom. The van der Waals surface area contributed by atoms with Gasteiger partial charge in [0.05, 0.1) is 23.9 Å². The summed E-state index contributed by atoms with van der Waals surface area (Å²) in [6.45, 7) is 6.61. The number of likely N-dealkylation sites (tertiary alicyclic amines) is 1. The van der Waals surface area contributed by atoms with Gasteiger partial charge in [-0.3, -0.25) is 4.90 Å². The first-order chi connectivity index (χ1) is 12.3. The number of hydrogen-bond donors (Lipinski definition) is 4. The zero-order valence-corrected chi connectivity index (χ0v) is 15.9. The molecular weight excluding hydrogens is 330 g/mol. The van der Waals surface area contributed by atoms with Crippen molar-refractivity contribution in [2.75, 3.05) is 13.1 Å². The van der Waals surface area contributed by atoms with E-state index in [1.54, 1.807) is 0 Å². The molecule has 6 fully saturated rings. The Balaban J connectivity index is 1.61. The van der Waals surface area contributed by atoms with E-state index >= 15 is 0 Å². The van der Waals surface area contributed by atoms with Crippen LogP contribution in [0.4, 0.5) is 0 Å². The first-order valence-electron chi connectivity index (χ1n) is 10.8. The van der Waals surface area contributed by atoms with Crippen molar-refractivity contribution in [3.05, 3.63) is 0 Å². The molecule has 1 heterocycles. The summed E-state index contributed by atoms with van der Waals surface area (Å²) >= 11 is 0. The summed E-state index contributed by atoms with van der Waals surface area (Å²) in [4.78, 5) is 2.55. The van der Waals surface area contributed by atoms with Gasteiger partial charge in [-0.15, -0.1) is 0 Å². The second kappa shape index (κ2) is 4.68. The van der Waals surface area contributed by atoms with Gasteiger partial charge >= 0.3 is 0 Å². The van der Waals surface area contributed by atoms with Gasteiger partial charge in [0.1, 0.15) is 0 Å². The Kier molecular flexibility index (Phi) is 3.01. The van der Waals surface area contributed by atoms with Gasteiger partial charge in [0.25, 0.3) is 0 Å². The molecule has 7 bridgehead atoms. The summed E-state index contributed by atoms with van der Waals surface area (Å²) in [5, 5.41) is 45.1. The van der Waals surface area contributed by atoms with E-state index in [-0.39, 0.29) is 46.6 Å². The maximum atomic E-state index is 11.9. The van der Waals surface area contributed by atoms with Crippen LogP contribution in [-0.2, 0) is 0 Å². The SMILES string of the molecule is CCN1C[C@]2(C)CC[C@H](O)[C@]34C1[C@H](C[C@H]23)[C@@]1(O)C[C@H](O)C2C[C@@H]4[C@@H]1[C@H]2O. The predicted molar refractivity (Wildman–Crippen MR) is 95.1 cm³/mol. The van der Waals surface area contributed by atoms with Crippen LogP contribution in [0.2, 0.25) is 0 Å². The summed E-state index contributed by atoms with van der Waals surface area (Å²) in [5.74, 6) is 0.319. The summed E-state index contributed by atoms with van der Waals surface area (Å²) in [6, 6.07) is 0.198. The van der Waals surface area contributed by atoms with Crippen LogP contribution in [-0.4, -0.2) is 68.4 Å². The Labute approximate surface area is 155 Å². The van der Waals surface area contributed by atoms with Crippen LogP contribution in [0.1, 0.15) is 46.0 Å². The van der Waals surface area contributed by atoms with E-state index in [2.05, 4.69) is 18.7 Å². The summed E-state index contributed by atoms with van der Waals surface area (Å²) < 4.78 is 0. The fourth-order valence-electron chi connectivity index (χ4n) is 9.83. The van der Waals surface area contributed by atoms with Gasteiger partial charge in [0, 0.05) is 42.2 Å². The van der Waals surface area contributed by atoms with E-state index in [0.29, 0.717) is 12.3 Å². The molecule has 0 amide bonds. The molecule has 1 saturated heterocycles. The number of rotatable bonds is 1. The molecule has 0 aromatic rings. The fourth-order valence-corrected chi connectivity index (χ4v) is 9.83. The number of nitrogens with zero attached hydrogens (tertiary/aromatic N) is 1. The maximum Gasteiger partial charge on any atom is 0.0771 e. The molecule has 4 N–H and O–H groups in total. The molecule has 0 radical (unpaired) electrons. The molecule has 0 aromatic carbocycles.